The van der Waals surface area contributed by atoms with Gasteiger partial charge < -0.3 is 20.1 Å². The maximum Gasteiger partial charge on any atom is 0.261 e. The van der Waals surface area contributed by atoms with Gasteiger partial charge in [-0.25, -0.2) is 9.07 Å². The Morgan fingerprint density at radius 3 is 2.51 bits per heavy atom. The van der Waals surface area contributed by atoms with E-state index in [2.05, 4.69) is 20.9 Å². The minimum atomic E-state index is -0.787. The van der Waals surface area contributed by atoms with Crippen LogP contribution in [0.5, 0.6) is 0 Å². The summed E-state index contributed by atoms with van der Waals surface area (Å²) >= 11 is 0. The molecule has 1 fully saturated rings. The van der Waals surface area contributed by atoms with Crippen LogP contribution < -0.4 is 10.6 Å². The van der Waals surface area contributed by atoms with Crippen molar-refractivity contribution in [1.29, 1.82) is 0 Å². The lowest BCUT2D eigenvalue weighted by Gasteiger charge is -2.17. The summed E-state index contributed by atoms with van der Waals surface area (Å²) in [6, 6.07) is 11.1. The Morgan fingerprint density at radius 2 is 1.86 bits per heavy atom. The minimum Gasteiger partial charge on any atom is -0.381 e. The number of ether oxygens (including phenoxy) is 2. The summed E-state index contributed by atoms with van der Waals surface area (Å²) in [7, 11) is 0. The minimum absolute atomic E-state index is 0.0459. The Kier molecular flexibility index (Phi) is 6.44. The number of carbonyl (C=O) groups is 3. The van der Waals surface area contributed by atoms with Crippen molar-refractivity contribution in [3.63, 3.8) is 0 Å². The summed E-state index contributed by atoms with van der Waals surface area (Å²) in [6.45, 7) is 4.18. The lowest BCUT2D eigenvalue weighted by molar-refractivity contribution is -0.153. The Hall–Kier alpha value is -4.16. The molecular weight excluding hydrogens is 483 g/mol. The number of aromatic nitrogens is 3. The van der Waals surface area contributed by atoms with E-state index in [9.17, 15) is 18.8 Å². The summed E-state index contributed by atoms with van der Waals surface area (Å²) in [5.41, 5.74) is 1.76. The Morgan fingerprint density at radius 1 is 1.14 bits per heavy atom. The van der Waals surface area contributed by atoms with Crippen molar-refractivity contribution in [2.75, 3.05) is 25.0 Å². The topological polar surface area (TPSA) is 128 Å². The number of fused-ring (bicyclic) bond motifs is 1. The van der Waals surface area contributed by atoms with Crippen molar-refractivity contribution in [1.82, 2.24) is 25.2 Å². The lowest BCUT2D eigenvalue weighted by atomic mass is 10.1. The molecule has 3 heterocycles. The second kappa shape index (κ2) is 9.71. The molecule has 0 spiro atoms. The molecule has 2 aliphatic rings. The van der Waals surface area contributed by atoms with Gasteiger partial charge in [-0.15, -0.1) is 5.10 Å². The molecule has 1 atom stereocenters. The fourth-order valence-corrected chi connectivity index (χ4v) is 4.14. The number of hydrogen-bond acceptors (Lipinski definition) is 8. The molecule has 3 amide bonds. The molecule has 0 aliphatic carbocycles. The van der Waals surface area contributed by atoms with Crippen molar-refractivity contribution >= 4 is 23.4 Å². The number of nitrogens with one attached hydrogen (secondary N) is 2. The van der Waals surface area contributed by atoms with Gasteiger partial charge in [-0.3, -0.25) is 19.3 Å². The number of benzene rings is 2. The molecule has 0 bridgehead atoms. The third kappa shape index (κ3) is 5.06. The van der Waals surface area contributed by atoms with E-state index >= 15 is 0 Å². The van der Waals surface area contributed by atoms with Gasteiger partial charge in [-0.2, -0.15) is 0 Å². The van der Waals surface area contributed by atoms with Crippen LogP contribution in [0.1, 0.15) is 40.3 Å². The number of nitrogens with zero attached hydrogens (tertiary/aromatic N) is 4. The Bertz CT molecular complexity index is 1340. The quantitative estimate of drug-likeness (QED) is 0.349. The van der Waals surface area contributed by atoms with Crippen LogP contribution in [-0.2, 0) is 20.8 Å². The molecule has 0 saturated carbocycles. The first-order chi connectivity index (χ1) is 17.7. The molecule has 2 aliphatic heterocycles. The third-order valence-corrected chi connectivity index (χ3v) is 6.00. The van der Waals surface area contributed by atoms with Gasteiger partial charge in [0, 0.05) is 19.2 Å². The van der Waals surface area contributed by atoms with Gasteiger partial charge in [-0.1, -0.05) is 17.3 Å². The van der Waals surface area contributed by atoms with Crippen LogP contribution in [0.3, 0.4) is 0 Å². The van der Waals surface area contributed by atoms with Crippen LogP contribution in [0, 0.1) is 5.82 Å². The molecule has 5 rings (SSSR count). The summed E-state index contributed by atoms with van der Waals surface area (Å²) in [6.07, 6.45) is 0.868. The van der Waals surface area contributed by atoms with E-state index < -0.39 is 17.7 Å². The normalized spacial score (nSPS) is 18.2. The largest absolute Gasteiger partial charge is 0.381 e. The number of carbonyl (C=O) groups excluding carboxylic acids is 3. The first-order valence-corrected chi connectivity index (χ1v) is 11.7. The predicted molar refractivity (Wildman–Crippen MR) is 128 cm³/mol. The Balaban J connectivity index is 1.15. The number of rotatable bonds is 8. The van der Waals surface area contributed by atoms with Crippen molar-refractivity contribution in [2.45, 2.75) is 32.3 Å². The van der Waals surface area contributed by atoms with Crippen molar-refractivity contribution in [3.05, 3.63) is 71.3 Å². The Labute approximate surface area is 211 Å². The molecule has 192 valence electrons. The molecule has 37 heavy (non-hydrogen) atoms. The van der Waals surface area contributed by atoms with Gasteiger partial charge in [0.25, 0.3) is 17.7 Å². The van der Waals surface area contributed by atoms with Crippen LogP contribution in [-0.4, -0.2) is 69.2 Å². The summed E-state index contributed by atoms with van der Waals surface area (Å²) < 4.78 is 26.9. The summed E-state index contributed by atoms with van der Waals surface area (Å²) in [4.78, 5) is 38.4. The van der Waals surface area contributed by atoms with Crippen LogP contribution >= 0.6 is 0 Å². The zero-order valence-electron chi connectivity index (χ0n) is 20.2. The SMILES string of the molecule is CC1(C)OCC(C(=O)NCCNc2ccc(-n3cc(CN4C(=O)c5ccccc5C4=O)nn3)cc2F)O1. The van der Waals surface area contributed by atoms with Gasteiger partial charge in [0.15, 0.2) is 11.9 Å². The van der Waals surface area contributed by atoms with Crippen molar-refractivity contribution < 1.29 is 28.2 Å². The van der Waals surface area contributed by atoms with E-state index in [-0.39, 0.29) is 43.1 Å². The van der Waals surface area contributed by atoms with Crippen LogP contribution in [0.4, 0.5) is 10.1 Å². The van der Waals surface area contributed by atoms with E-state index in [1.165, 1.54) is 16.9 Å². The number of amides is 3. The summed E-state index contributed by atoms with van der Waals surface area (Å²) in [5, 5.41) is 13.7. The zero-order valence-corrected chi connectivity index (χ0v) is 20.2. The maximum atomic E-state index is 14.7. The van der Waals surface area contributed by atoms with Crippen LogP contribution in [0.2, 0.25) is 0 Å². The molecule has 2 N–H and O–H groups in total. The van der Waals surface area contributed by atoms with E-state index in [1.807, 2.05) is 0 Å². The van der Waals surface area contributed by atoms with Gasteiger partial charge in [0.05, 0.1) is 41.9 Å². The molecule has 0 radical (unpaired) electrons. The van der Waals surface area contributed by atoms with Crippen molar-refractivity contribution in [2.24, 2.45) is 0 Å². The molecule has 1 unspecified atom stereocenters. The van der Waals surface area contributed by atoms with Gasteiger partial charge in [0.2, 0.25) is 0 Å². The highest BCUT2D eigenvalue weighted by atomic mass is 19.1. The van der Waals surface area contributed by atoms with Crippen LogP contribution in [0.15, 0.2) is 48.7 Å². The standard InChI is InChI=1S/C25H25FN6O5/c1-25(2)36-14-21(37-25)22(33)28-10-9-27-20-8-7-16(11-19(20)26)32-13-15(29-30-32)12-31-23(34)17-5-3-4-6-18(17)24(31)35/h3-8,11,13,21,27H,9-10,12,14H2,1-2H3,(H,28,33). The van der Waals surface area contributed by atoms with Gasteiger partial charge in [0.1, 0.15) is 11.5 Å². The first-order valence-electron chi connectivity index (χ1n) is 11.7. The average Bonchev–Trinajstić information content (AvgIpc) is 3.56. The number of hydrogen-bond donors (Lipinski definition) is 2. The summed E-state index contributed by atoms with van der Waals surface area (Å²) in [5.74, 6) is -2.37. The smallest absolute Gasteiger partial charge is 0.261 e. The average molecular weight is 509 g/mol. The number of imide groups is 1. The van der Waals surface area contributed by atoms with Crippen LogP contribution in [0.25, 0.3) is 5.69 Å². The highest BCUT2D eigenvalue weighted by Gasteiger charge is 2.37. The van der Waals surface area contributed by atoms with E-state index in [0.29, 0.717) is 29.1 Å². The maximum absolute atomic E-state index is 14.7. The molecular formula is C25H25FN6O5. The predicted octanol–water partition coefficient (Wildman–Crippen LogP) is 1.88. The molecule has 12 heteroatoms. The molecule has 3 aromatic rings. The van der Waals surface area contributed by atoms with E-state index in [4.69, 9.17) is 9.47 Å². The highest BCUT2D eigenvalue weighted by molar-refractivity contribution is 6.21. The monoisotopic (exact) mass is 508 g/mol. The third-order valence-electron chi connectivity index (χ3n) is 6.00. The fourth-order valence-electron chi connectivity index (χ4n) is 4.14. The molecule has 1 aromatic heterocycles. The fraction of sp³-hybridized carbons (Fsp3) is 0.320. The number of anilines is 1. The van der Waals surface area contributed by atoms with Gasteiger partial charge in [-0.05, 0) is 38.1 Å². The zero-order chi connectivity index (χ0) is 26.2. The van der Waals surface area contributed by atoms with Crippen molar-refractivity contribution in [3.8, 4) is 5.69 Å². The first kappa shape index (κ1) is 24.5. The molecule has 11 nitrogen and oxygen atoms in total. The highest BCUT2D eigenvalue weighted by Crippen LogP contribution is 2.25. The lowest BCUT2D eigenvalue weighted by Crippen LogP contribution is -2.39. The molecule has 2 aromatic carbocycles. The van der Waals surface area contributed by atoms with E-state index in [0.717, 1.165) is 4.90 Å². The van der Waals surface area contributed by atoms with E-state index in [1.54, 1.807) is 50.2 Å². The molecule has 1 saturated heterocycles. The second-order valence-corrected chi connectivity index (χ2v) is 9.10. The van der Waals surface area contributed by atoms with Gasteiger partial charge >= 0.3 is 0 Å². The number of halogens is 1. The second-order valence-electron chi connectivity index (χ2n) is 9.10.